The number of para-hydroxylation sites is 2. The Morgan fingerprint density at radius 1 is 0.967 bits per heavy atom. The molecule has 0 radical (unpaired) electrons. The Morgan fingerprint density at radius 2 is 1.67 bits per heavy atom. The Bertz CT molecular complexity index is 1140. The molecule has 5 rings (SSSR count). The zero-order chi connectivity index (χ0) is 20.7. The van der Waals surface area contributed by atoms with E-state index in [0.717, 1.165) is 36.1 Å². The van der Waals surface area contributed by atoms with Crippen molar-refractivity contribution >= 4 is 27.0 Å². The van der Waals surface area contributed by atoms with Crippen molar-refractivity contribution in [3.05, 3.63) is 59.9 Å². The van der Waals surface area contributed by atoms with Crippen LogP contribution in [0.5, 0.6) is 0 Å². The van der Waals surface area contributed by atoms with E-state index in [0.29, 0.717) is 31.7 Å². The molecule has 0 aliphatic carbocycles. The topological polar surface area (TPSA) is 86.4 Å². The number of imidazole rings is 1. The summed E-state index contributed by atoms with van der Waals surface area (Å²) < 4.78 is 27.1. The molecular formula is C22H24N4O3S. The number of fused-ring (bicyclic) bond motifs is 1. The van der Waals surface area contributed by atoms with Gasteiger partial charge in [-0.1, -0.05) is 18.6 Å². The number of nitrogens with one attached hydrogen (secondary N) is 1. The van der Waals surface area contributed by atoms with Crippen molar-refractivity contribution in [1.29, 1.82) is 0 Å². The molecule has 0 spiro atoms. The van der Waals surface area contributed by atoms with Crippen molar-refractivity contribution in [3.8, 4) is 0 Å². The van der Waals surface area contributed by atoms with Crippen LogP contribution in [0.2, 0.25) is 0 Å². The second kappa shape index (κ2) is 7.52. The van der Waals surface area contributed by atoms with E-state index in [2.05, 4.69) is 9.97 Å². The fraction of sp³-hybridized carbons (Fsp3) is 0.364. The molecule has 2 aliphatic rings. The molecule has 0 atom stereocenters. The zero-order valence-electron chi connectivity index (χ0n) is 16.6. The van der Waals surface area contributed by atoms with Gasteiger partial charge in [-0.2, -0.15) is 4.31 Å². The lowest BCUT2D eigenvalue weighted by Gasteiger charge is -2.38. The highest BCUT2D eigenvalue weighted by Gasteiger charge is 2.34. The van der Waals surface area contributed by atoms with Gasteiger partial charge in [-0.15, -0.1) is 0 Å². The van der Waals surface area contributed by atoms with Crippen molar-refractivity contribution in [2.75, 3.05) is 26.2 Å². The molecule has 1 N–H and O–H groups in total. The molecule has 2 aliphatic heterocycles. The molecule has 0 saturated carbocycles. The van der Waals surface area contributed by atoms with Crippen LogP contribution in [0, 0.1) is 0 Å². The van der Waals surface area contributed by atoms with Crippen molar-refractivity contribution in [3.63, 3.8) is 0 Å². The van der Waals surface area contributed by atoms with Crippen LogP contribution in [0.4, 0.5) is 0 Å². The van der Waals surface area contributed by atoms with Gasteiger partial charge in [0.25, 0.3) is 5.91 Å². The highest BCUT2D eigenvalue weighted by molar-refractivity contribution is 7.89. The summed E-state index contributed by atoms with van der Waals surface area (Å²) in [5, 5.41) is 0. The Labute approximate surface area is 175 Å². The summed E-state index contributed by atoms with van der Waals surface area (Å²) in [6, 6.07) is 14.2. The third-order valence-corrected chi connectivity index (χ3v) is 7.93. The van der Waals surface area contributed by atoms with Crippen LogP contribution in [0.25, 0.3) is 11.0 Å². The molecule has 0 bridgehead atoms. The summed E-state index contributed by atoms with van der Waals surface area (Å²) in [4.78, 5) is 22.7. The second-order valence-corrected chi connectivity index (χ2v) is 9.97. The van der Waals surface area contributed by atoms with Crippen molar-refractivity contribution < 1.29 is 13.2 Å². The predicted octanol–water partition coefficient (Wildman–Crippen LogP) is 2.98. The fourth-order valence-electron chi connectivity index (χ4n) is 4.19. The molecule has 0 unspecified atom stereocenters. The number of sulfonamides is 1. The van der Waals surface area contributed by atoms with E-state index < -0.39 is 10.0 Å². The SMILES string of the molecule is O=C(c1ccc(S(=O)(=O)N2CCCCC2)cc1)N1CC(c2nc3ccccc3[nH]2)C1. The molecule has 156 valence electrons. The number of rotatable bonds is 4. The van der Waals surface area contributed by atoms with E-state index in [-0.39, 0.29) is 16.7 Å². The third-order valence-electron chi connectivity index (χ3n) is 6.02. The van der Waals surface area contributed by atoms with Gasteiger partial charge in [0.05, 0.1) is 21.8 Å². The minimum absolute atomic E-state index is 0.0794. The number of aromatic amines is 1. The maximum atomic E-state index is 12.8. The number of hydrogen-bond acceptors (Lipinski definition) is 4. The number of aromatic nitrogens is 2. The molecular weight excluding hydrogens is 400 g/mol. The fourth-order valence-corrected chi connectivity index (χ4v) is 5.71. The highest BCUT2D eigenvalue weighted by Crippen LogP contribution is 2.28. The smallest absolute Gasteiger partial charge is 0.253 e. The molecule has 1 amide bonds. The average Bonchev–Trinajstić information content (AvgIpc) is 3.17. The summed E-state index contributed by atoms with van der Waals surface area (Å²) in [6.45, 7) is 2.35. The zero-order valence-corrected chi connectivity index (χ0v) is 17.4. The first-order valence-corrected chi connectivity index (χ1v) is 11.8. The van der Waals surface area contributed by atoms with Gasteiger partial charge < -0.3 is 9.88 Å². The first-order chi connectivity index (χ1) is 14.5. The lowest BCUT2D eigenvalue weighted by molar-refractivity contribution is 0.0595. The predicted molar refractivity (Wildman–Crippen MR) is 114 cm³/mol. The van der Waals surface area contributed by atoms with Gasteiger partial charge in [-0.05, 0) is 49.2 Å². The number of amides is 1. The molecule has 2 saturated heterocycles. The average molecular weight is 425 g/mol. The molecule has 1 aromatic heterocycles. The number of likely N-dealkylation sites (tertiary alicyclic amines) is 1. The molecule has 2 aromatic carbocycles. The molecule has 3 aromatic rings. The van der Waals surface area contributed by atoms with Crippen LogP contribution in [0.1, 0.15) is 41.4 Å². The molecule has 2 fully saturated rings. The van der Waals surface area contributed by atoms with E-state index in [1.54, 1.807) is 33.5 Å². The molecule has 3 heterocycles. The number of nitrogens with zero attached hydrogens (tertiary/aromatic N) is 3. The Kier molecular flexibility index (Phi) is 4.83. The lowest BCUT2D eigenvalue weighted by atomic mass is 9.98. The van der Waals surface area contributed by atoms with Crippen LogP contribution < -0.4 is 0 Å². The summed E-state index contributed by atoms with van der Waals surface area (Å²) in [7, 11) is -3.48. The minimum Gasteiger partial charge on any atom is -0.342 e. The monoisotopic (exact) mass is 424 g/mol. The molecule has 7 nitrogen and oxygen atoms in total. The van der Waals surface area contributed by atoms with E-state index in [1.807, 2.05) is 24.3 Å². The summed E-state index contributed by atoms with van der Waals surface area (Å²) in [5.41, 5.74) is 2.45. The Morgan fingerprint density at radius 3 is 2.37 bits per heavy atom. The van der Waals surface area contributed by atoms with Crippen molar-refractivity contribution in [1.82, 2.24) is 19.2 Å². The van der Waals surface area contributed by atoms with E-state index in [4.69, 9.17) is 0 Å². The molecule has 8 heteroatoms. The van der Waals surface area contributed by atoms with Crippen LogP contribution in [0.3, 0.4) is 0 Å². The number of hydrogen-bond donors (Lipinski definition) is 1. The number of carbonyl (C=O) groups excluding carboxylic acids is 1. The quantitative estimate of drug-likeness (QED) is 0.698. The summed E-state index contributed by atoms with van der Waals surface area (Å²) in [6.07, 6.45) is 2.87. The van der Waals surface area contributed by atoms with Gasteiger partial charge in [-0.3, -0.25) is 4.79 Å². The highest BCUT2D eigenvalue weighted by atomic mass is 32.2. The van der Waals surface area contributed by atoms with Gasteiger partial charge in [0.2, 0.25) is 10.0 Å². The first kappa shape index (κ1) is 19.3. The van der Waals surface area contributed by atoms with Crippen LogP contribution >= 0.6 is 0 Å². The second-order valence-electron chi connectivity index (χ2n) is 8.04. The van der Waals surface area contributed by atoms with E-state index >= 15 is 0 Å². The van der Waals surface area contributed by atoms with Gasteiger partial charge in [0.1, 0.15) is 5.82 Å². The normalized spacial score (nSPS) is 18.5. The van der Waals surface area contributed by atoms with Gasteiger partial charge in [0, 0.05) is 31.7 Å². The van der Waals surface area contributed by atoms with E-state index in [9.17, 15) is 13.2 Å². The summed E-state index contributed by atoms with van der Waals surface area (Å²) >= 11 is 0. The van der Waals surface area contributed by atoms with Gasteiger partial charge in [-0.25, -0.2) is 13.4 Å². The Balaban J connectivity index is 1.25. The molecule has 30 heavy (non-hydrogen) atoms. The lowest BCUT2D eigenvalue weighted by Crippen LogP contribution is -2.48. The number of benzene rings is 2. The first-order valence-electron chi connectivity index (χ1n) is 10.4. The maximum absolute atomic E-state index is 12.8. The van der Waals surface area contributed by atoms with Crippen molar-refractivity contribution in [2.24, 2.45) is 0 Å². The van der Waals surface area contributed by atoms with Crippen LogP contribution in [0.15, 0.2) is 53.4 Å². The number of H-pyrrole nitrogens is 1. The van der Waals surface area contributed by atoms with Crippen LogP contribution in [-0.4, -0.2) is 59.7 Å². The third kappa shape index (κ3) is 3.40. The Hall–Kier alpha value is -2.71. The van der Waals surface area contributed by atoms with Gasteiger partial charge in [0.15, 0.2) is 0 Å². The van der Waals surface area contributed by atoms with Crippen molar-refractivity contribution in [2.45, 2.75) is 30.1 Å². The van der Waals surface area contributed by atoms with Gasteiger partial charge >= 0.3 is 0 Å². The summed E-state index contributed by atoms with van der Waals surface area (Å²) in [5.74, 6) is 1.02. The standard InChI is InChI=1S/C22H24N4O3S/c27-22(25-14-17(15-25)21-23-19-6-2-3-7-20(19)24-21)16-8-10-18(11-9-16)30(28,29)26-12-4-1-5-13-26/h2-3,6-11,17H,1,4-5,12-15H2,(H,23,24). The maximum Gasteiger partial charge on any atom is 0.253 e. The van der Waals surface area contributed by atoms with E-state index in [1.165, 1.54) is 0 Å². The van der Waals surface area contributed by atoms with Crippen LogP contribution in [-0.2, 0) is 10.0 Å². The number of piperidine rings is 1. The largest absolute Gasteiger partial charge is 0.342 e. The minimum atomic E-state index is -3.48. The number of carbonyl (C=O) groups is 1.